The van der Waals surface area contributed by atoms with Crippen LogP contribution in [-0.2, 0) is 16.0 Å². The van der Waals surface area contributed by atoms with E-state index in [9.17, 15) is 4.79 Å². The molecule has 1 rings (SSSR count). The van der Waals surface area contributed by atoms with Crippen LogP contribution in [0.4, 0.5) is 11.6 Å². The second-order valence-corrected chi connectivity index (χ2v) is 3.88. The monoisotopic (exact) mass is 267 g/mol. The first kappa shape index (κ1) is 15.2. The van der Waals surface area contributed by atoms with Crippen LogP contribution in [0, 0.1) is 0 Å². The van der Waals surface area contributed by atoms with Crippen LogP contribution in [0.2, 0.25) is 0 Å². The van der Waals surface area contributed by atoms with Gasteiger partial charge in [-0.05, 0) is 19.8 Å². The Morgan fingerprint density at radius 3 is 2.74 bits per heavy atom. The number of hydrazine groups is 1. The van der Waals surface area contributed by atoms with Crippen molar-refractivity contribution < 1.29 is 9.53 Å². The van der Waals surface area contributed by atoms with Crippen molar-refractivity contribution >= 4 is 17.6 Å². The van der Waals surface area contributed by atoms with Gasteiger partial charge in [0.25, 0.3) is 0 Å². The Labute approximate surface area is 112 Å². The fourth-order valence-electron chi connectivity index (χ4n) is 1.70. The zero-order valence-corrected chi connectivity index (χ0v) is 11.4. The van der Waals surface area contributed by atoms with Gasteiger partial charge in [0, 0.05) is 18.5 Å². The fraction of sp³-hybridized carbons (Fsp3) is 0.583. The molecule has 0 atom stereocenters. The van der Waals surface area contributed by atoms with Gasteiger partial charge < -0.3 is 15.5 Å². The number of hydrogen-bond acceptors (Lipinski definition) is 7. The molecule has 0 amide bonds. The second kappa shape index (κ2) is 8.25. The zero-order valence-electron chi connectivity index (χ0n) is 11.4. The van der Waals surface area contributed by atoms with Crippen LogP contribution in [0.1, 0.15) is 32.3 Å². The lowest BCUT2D eigenvalue weighted by Gasteiger charge is -2.12. The molecule has 1 aromatic rings. The summed E-state index contributed by atoms with van der Waals surface area (Å²) < 4.78 is 4.86. The number of nitrogens with one attached hydrogen (secondary N) is 2. The summed E-state index contributed by atoms with van der Waals surface area (Å²) in [5.74, 6) is 6.58. The number of rotatable bonds is 8. The van der Waals surface area contributed by atoms with Crippen molar-refractivity contribution in [2.75, 3.05) is 23.9 Å². The minimum atomic E-state index is -0.174. The molecule has 0 saturated heterocycles. The molecule has 0 saturated carbocycles. The predicted molar refractivity (Wildman–Crippen MR) is 73.6 cm³/mol. The first-order chi connectivity index (χ1) is 9.22. The molecule has 106 valence electrons. The molecule has 1 aromatic heterocycles. The van der Waals surface area contributed by atoms with Gasteiger partial charge in [-0.1, -0.05) is 6.92 Å². The summed E-state index contributed by atoms with van der Waals surface area (Å²) in [5.41, 5.74) is 3.48. The number of carbonyl (C=O) groups excluding carboxylic acids is 1. The molecule has 0 aliphatic rings. The number of nitrogen functional groups attached to an aromatic ring is 1. The molecule has 7 nitrogen and oxygen atoms in total. The van der Waals surface area contributed by atoms with Gasteiger partial charge in [0.15, 0.2) is 0 Å². The highest BCUT2D eigenvalue weighted by Crippen LogP contribution is 2.19. The van der Waals surface area contributed by atoms with Crippen molar-refractivity contribution in [3.05, 3.63) is 11.9 Å². The van der Waals surface area contributed by atoms with Crippen molar-refractivity contribution in [2.24, 2.45) is 5.84 Å². The van der Waals surface area contributed by atoms with E-state index in [4.69, 9.17) is 10.6 Å². The van der Waals surface area contributed by atoms with Crippen LogP contribution < -0.4 is 16.6 Å². The standard InChI is InChI=1S/C12H21N5O2/c1-3-9-11(15-8-16-12(9)17-13)14-7-5-6-10(18)19-4-2/h8H,3-7,13H2,1-2H3,(H2,14,15,16,17). The minimum absolute atomic E-state index is 0.174. The molecule has 0 radical (unpaired) electrons. The minimum Gasteiger partial charge on any atom is -0.466 e. The lowest BCUT2D eigenvalue weighted by Crippen LogP contribution is -2.15. The van der Waals surface area contributed by atoms with Crippen LogP contribution in [0.25, 0.3) is 0 Å². The molecule has 0 aliphatic carbocycles. The Hall–Kier alpha value is -1.89. The number of nitrogens with zero attached hydrogens (tertiary/aromatic N) is 2. The molecule has 0 aliphatic heterocycles. The Morgan fingerprint density at radius 2 is 2.11 bits per heavy atom. The van der Waals surface area contributed by atoms with Crippen molar-refractivity contribution in [3.8, 4) is 0 Å². The van der Waals surface area contributed by atoms with Gasteiger partial charge in [-0.3, -0.25) is 4.79 Å². The van der Waals surface area contributed by atoms with E-state index in [2.05, 4.69) is 20.7 Å². The van der Waals surface area contributed by atoms with E-state index in [1.54, 1.807) is 6.92 Å². The van der Waals surface area contributed by atoms with Gasteiger partial charge in [-0.25, -0.2) is 15.8 Å². The number of carbonyl (C=O) groups is 1. The molecule has 0 bridgehead atoms. The van der Waals surface area contributed by atoms with Crippen molar-refractivity contribution in [3.63, 3.8) is 0 Å². The third kappa shape index (κ3) is 4.70. The van der Waals surface area contributed by atoms with Gasteiger partial charge in [0.2, 0.25) is 0 Å². The summed E-state index contributed by atoms with van der Waals surface area (Å²) in [6.45, 7) is 4.87. The van der Waals surface area contributed by atoms with Crippen LogP contribution in [0.3, 0.4) is 0 Å². The highest BCUT2D eigenvalue weighted by atomic mass is 16.5. The van der Waals surface area contributed by atoms with E-state index in [0.717, 1.165) is 17.8 Å². The molecule has 19 heavy (non-hydrogen) atoms. The molecule has 4 N–H and O–H groups in total. The lowest BCUT2D eigenvalue weighted by molar-refractivity contribution is -0.143. The van der Waals surface area contributed by atoms with Gasteiger partial charge in [-0.15, -0.1) is 0 Å². The highest BCUT2D eigenvalue weighted by Gasteiger charge is 2.08. The molecular formula is C12H21N5O2. The molecular weight excluding hydrogens is 246 g/mol. The van der Waals surface area contributed by atoms with E-state index in [-0.39, 0.29) is 5.97 Å². The van der Waals surface area contributed by atoms with E-state index in [0.29, 0.717) is 31.8 Å². The van der Waals surface area contributed by atoms with E-state index < -0.39 is 0 Å². The molecule has 0 spiro atoms. The molecule has 1 heterocycles. The smallest absolute Gasteiger partial charge is 0.305 e. The van der Waals surface area contributed by atoms with Gasteiger partial charge in [-0.2, -0.15) is 0 Å². The number of esters is 1. The van der Waals surface area contributed by atoms with Gasteiger partial charge in [0.05, 0.1) is 6.61 Å². The maximum absolute atomic E-state index is 11.2. The maximum atomic E-state index is 11.2. The summed E-state index contributed by atoms with van der Waals surface area (Å²) in [4.78, 5) is 19.4. The predicted octanol–water partition coefficient (Wildman–Crippen LogP) is 1.08. The SMILES string of the molecule is CCOC(=O)CCCNc1ncnc(NN)c1CC. The van der Waals surface area contributed by atoms with Crippen LogP contribution in [-0.4, -0.2) is 29.1 Å². The first-order valence-electron chi connectivity index (χ1n) is 6.42. The van der Waals surface area contributed by atoms with Crippen LogP contribution in [0.5, 0.6) is 0 Å². The number of nitrogens with two attached hydrogens (primary N) is 1. The van der Waals surface area contributed by atoms with Crippen molar-refractivity contribution in [1.82, 2.24) is 9.97 Å². The largest absolute Gasteiger partial charge is 0.466 e. The maximum Gasteiger partial charge on any atom is 0.305 e. The highest BCUT2D eigenvalue weighted by molar-refractivity contribution is 5.69. The average molecular weight is 267 g/mol. The third-order valence-corrected chi connectivity index (χ3v) is 2.59. The number of ether oxygens (including phenoxy) is 1. The quantitative estimate of drug-likeness (QED) is 0.280. The van der Waals surface area contributed by atoms with Crippen molar-refractivity contribution in [1.29, 1.82) is 0 Å². The first-order valence-corrected chi connectivity index (χ1v) is 6.42. The van der Waals surface area contributed by atoms with Gasteiger partial charge in [0.1, 0.15) is 18.0 Å². The van der Waals surface area contributed by atoms with E-state index >= 15 is 0 Å². The van der Waals surface area contributed by atoms with E-state index in [1.165, 1.54) is 6.33 Å². The van der Waals surface area contributed by atoms with Crippen LogP contribution >= 0.6 is 0 Å². The molecule has 7 heteroatoms. The molecule has 0 fully saturated rings. The van der Waals surface area contributed by atoms with Crippen LogP contribution in [0.15, 0.2) is 6.33 Å². The number of hydrogen-bond donors (Lipinski definition) is 3. The summed E-state index contributed by atoms with van der Waals surface area (Å²) in [6, 6.07) is 0. The normalized spacial score (nSPS) is 10.1. The van der Waals surface area contributed by atoms with Gasteiger partial charge >= 0.3 is 5.97 Å². The fourth-order valence-corrected chi connectivity index (χ4v) is 1.70. The second-order valence-electron chi connectivity index (χ2n) is 3.88. The third-order valence-electron chi connectivity index (χ3n) is 2.59. The zero-order chi connectivity index (χ0) is 14.1. The molecule has 0 aromatic carbocycles. The number of aromatic nitrogens is 2. The summed E-state index contributed by atoms with van der Waals surface area (Å²) in [5, 5.41) is 3.18. The Kier molecular flexibility index (Phi) is 6.59. The average Bonchev–Trinajstić information content (AvgIpc) is 2.43. The lowest BCUT2D eigenvalue weighted by atomic mass is 10.2. The Morgan fingerprint density at radius 1 is 1.37 bits per heavy atom. The molecule has 0 unspecified atom stereocenters. The summed E-state index contributed by atoms with van der Waals surface area (Å²) in [7, 11) is 0. The Bertz CT molecular complexity index is 411. The van der Waals surface area contributed by atoms with E-state index in [1.807, 2.05) is 6.92 Å². The number of anilines is 2. The summed E-state index contributed by atoms with van der Waals surface area (Å²) in [6.07, 6.45) is 3.30. The van der Waals surface area contributed by atoms with Crippen molar-refractivity contribution in [2.45, 2.75) is 33.1 Å². The topological polar surface area (TPSA) is 102 Å². The Balaban J connectivity index is 2.47. The summed E-state index contributed by atoms with van der Waals surface area (Å²) >= 11 is 0.